The lowest BCUT2D eigenvalue weighted by atomic mass is 9.99. The number of rotatable bonds is 4. The number of ether oxygens (including phenoxy) is 1. The molecule has 0 saturated carbocycles. The summed E-state index contributed by atoms with van der Waals surface area (Å²) in [4.78, 5) is 0. The van der Waals surface area contributed by atoms with Gasteiger partial charge in [-0.2, -0.15) is 0 Å². The summed E-state index contributed by atoms with van der Waals surface area (Å²) in [5.74, 6) is 1.53. The van der Waals surface area contributed by atoms with E-state index < -0.39 is 0 Å². The van der Waals surface area contributed by atoms with Crippen molar-refractivity contribution < 1.29 is 4.74 Å². The summed E-state index contributed by atoms with van der Waals surface area (Å²) in [7, 11) is 1.70. The van der Waals surface area contributed by atoms with E-state index >= 15 is 0 Å². The molecule has 0 spiro atoms. The molecule has 0 fully saturated rings. The zero-order valence-corrected chi connectivity index (χ0v) is 9.67. The van der Waals surface area contributed by atoms with Crippen LogP contribution in [0.4, 0.5) is 0 Å². The van der Waals surface area contributed by atoms with Crippen molar-refractivity contribution in [3.8, 4) is 5.75 Å². The van der Waals surface area contributed by atoms with Crippen molar-refractivity contribution in [2.24, 2.45) is 0 Å². The Balaban J connectivity index is 2.86. The van der Waals surface area contributed by atoms with Crippen molar-refractivity contribution in [1.82, 2.24) is 0 Å². The number of hydrogen-bond donors (Lipinski definition) is 0. The van der Waals surface area contributed by atoms with Crippen LogP contribution in [0.5, 0.6) is 5.75 Å². The highest BCUT2D eigenvalue weighted by Gasteiger charge is 2.07. The van der Waals surface area contributed by atoms with Crippen LogP contribution in [0.25, 0.3) is 0 Å². The van der Waals surface area contributed by atoms with Crippen LogP contribution in [-0.4, -0.2) is 12.4 Å². The number of benzene rings is 1. The third-order valence-electron chi connectivity index (χ3n) is 2.24. The second-order valence-electron chi connectivity index (χ2n) is 3.04. The lowest BCUT2D eigenvalue weighted by Gasteiger charge is -2.12. The molecule has 1 unspecified atom stereocenters. The summed E-state index contributed by atoms with van der Waals surface area (Å²) in [5, 5.41) is 1.01. The van der Waals surface area contributed by atoms with E-state index in [1.54, 1.807) is 7.11 Å². The molecule has 0 N–H and O–H groups in total. The van der Waals surface area contributed by atoms with Gasteiger partial charge >= 0.3 is 0 Å². The molecule has 0 bridgehead atoms. The van der Waals surface area contributed by atoms with Crippen LogP contribution < -0.4 is 4.74 Å². The summed E-state index contributed by atoms with van der Waals surface area (Å²) in [6.45, 7) is 2.20. The van der Waals surface area contributed by atoms with Gasteiger partial charge in [0.15, 0.2) is 0 Å². The van der Waals surface area contributed by atoms with Crippen LogP contribution in [0, 0.1) is 0 Å². The minimum absolute atomic E-state index is 0.593. The number of alkyl halides is 1. The van der Waals surface area contributed by atoms with E-state index in [-0.39, 0.29) is 0 Å². The summed E-state index contributed by atoms with van der Waals surface area (Å²) in [6, 6.07) is 8.28. The summed E-state index contributed by atoms with van der Waals surface area (Å²) >= 11 is 3.52. The first-order valence-corrected chi connectivity index (χ1v) is 5.63. The molecular formula is C11H15BrO. The van der Waals surface area contributed by atoms with Gasteiger partial charge in [0.2, 0.25) is 0 Å². The highest BCUT2D eigenvalue weighted by molar-refractivity contribution is 9.09. The van der Waals surface area contributed by atoms with E-state index in [2.05, 4.69) is 35.0 Å². The van der Waals surface area contributed by atoms with Crippen molar-refractivity contribution in [3.05, 3.63) is 29.8 Å². The lowest BCUT2D eigenvalue weighted by molar-refractivity contribution is 0.414. The Morgan fingerprint density at radius 3 is 2.77 bits per heavy atom. The maximum Gasteiger partial charge on any atom is 0.119 e. The molecule has 0 aliphatic heterocycles. The summed E-state index contributed by atoms with van der Waals surface area (Å²) in [6.07, 6.45) is 1.15. The fraction of sp³-hybridized carbons (Fsp3) is 0.455. The molecule has 1 nitrogen and oxygen atoms in total. The number of methoxy groups -OCH3 is 1. The lowest BCUT2D eigenvalue weighted by Crippen LogP contribution is -1.98. The van der Waals surface area contributed by atoms with Crippen molar-refractivity contribution >= 4 is 15.9 Å². The van der Waals surface area contributed by atoms with Gasteiger partial charge in [-0.25, -0.2) is 0 Å². The minimum atomic E-state index is 0.593. The van der Waals surface area contributed by atoms with Gasteiger partial charge in [-0.1, -0.05) is 35.0 Å². The Hall–Kier alpha value is -0.500. The Morgan fingerprint density at radius 1 is 1.46 bits per heavy atom. The van der Waals surface area contributed by atoms with Gasteiger partial charge < -0.3 is 4.74 Å². The molecule has 0 aromatic heterocycles. The molecule has 1 aromatic rings. The highest BCUT2D eigenvalue weighted by atomic mass is 79.9. The van der Waals surface area contributed by atoms with Gasteiger partial charge in [-0.3, -0.25) is 0 Å². The Labute approximate surface area is 88.2 Å². The van der Waals surface area contributed by atoms with Crippen molar-refractivity contribution in [2.45, 2.75) is 19.3 Å². The monoisotopic (exact) mass is 242 g/mol. The largest absolute Gasteiger partial charge is 0.497 e. The average Bonchev–Trinajstić information content (AvgIpc) is 2.20. The maximum absolute atomic E-state index is 5.18. The van der Waals surface area contributed by atoms with Gasteiger partial charge in [0.25, 0.3) is 0 Å². The molecule has 1 rings (SSSR count). The van der Waals surface area contributed by atoms with E-state index in [0.717, 1.165) is 17.5 Å². The molecule has 0 heterocycles. The van der Waals surface area contributed by atoms with Crippen LogP contribution in [0.1, 0.15) is 24.8 Å². The second-order valence-corrected chi connectivity index (χ2v) is 3.68. The first kappa shape index (κ1) is 10.6. The smallest absolute Gasteiger partial charge is 0.119 e. The Bertz CT molecular complexity index is 256. The van der Waals surface area contributed by atoms with Crippen molar-refractivity contribution in [1.29, 1.82) is 0 Å². The predicted octanol–water partition coefficient (Wildman–Crippen LogP) is 3.58. The maximum atomic E-state index is 5.18. The van der Waals surface area contributed by atoms with Crippen LogP contribution in [-0.2, 0) is 0 Å². The van der Waals surface area contributed by atoms with Gasteiger partial charge in [0, 0.05) is 5.33 Å². The van der Waals surface area contributed by atoms with Gasteiger partial charge in [0.1, 0.15) is 5.75 Å². The quantitative estimate of drug-likeness (QED) is 0.734. The van der Waals surface area contributed by atoms with Gasteiger partial charge in [0.05, 0.1) is 7.11 Å². The molecular weight excluding hydrogens is 228 g/mol. The predicted molar refractivity (Wildman–Crippen MR) is 59.8 cm³/mol. The molecule has 0 radical (unpaired) electrons. The van der Waals surface area contributed by atoms with E-state index in [9.17, 15) is 0 Å². The average molecular weight is 243 g/mol. The Morgan fingerprint density at radius 2 is 2.23 bits per heavy atom. The van der Waals surface area contributed by atoms with Crippen molar-refractivity contribution in [2.75, 3.05) is 12.4 Å². The number of halogens is 1. The first-order chi connectivity index (χ1) is 6.31. The topological polar surface area (TPSA) is 9.23 Å². The molecule has 2 heteroatoms. The zero-order chi connectivity index (χ0) is 9.68. The number of hydrogen-bond acceptors (Lipinski definition) is 1. The van der Waals surface area contributed by atoms with E-state index in [1.165, 1.54) is 5.56 Å². The Kier molecular flexibility index (Phi) is 4.29. The third kappa shape index (κ3) is 2.73. The molecule has 72 valence electrons. The fourth-order valence-electron chi connectivity index (χ4n) is 1.33. The SMILES string of the molecule is CCC(CBr)c1cccc(OC)c1. The zero-order valence-electron chi connectivity index (χ0n) is 8.09. The second kappa shape index (κ2) is 5.28. The third-order valence-corrected chi connectivity index (χ3v) is 3.03. The minimum Gasteiger partial charge on any atom is -0.497 e. The molecule has 0 saturated heterocycles. The fourth-order valence-corrected chi connectivity index (χ4v) is 2.16. The highest BCUT2D eigenvalue weighted by Crippen LogP contribution is 2.24. The molecule has 1 aromatic carbocycles. The van der Waals surface area contributed by atoms with Crippen LogP contribution in [0.15, 0.2) is 24.3 Å². The van der Waals surface area contributed by atoms with Gasteiger partial charge in [-0.15, -0.1) is 0 Å². The molecule has 0 amide bonds. The molecule has 0 aliphatic rings. The van der Waals surface area contributed by atoms with Crippen LogP contribution in [0.3, 0.4) is 0 Å². The first-order valence-electron chi connectivity index (χ1n) is 4.51. The molecule has 13 heavy (non-hydrogen) atoms. The molecule has 1 atom stereocenters. The standard InChI is InChI=1S/C11H15BrO/c1-3-9(8-12)10-5-4-6-11(7-10)13-2/h4-7,9H,3,8H2,1-2H3. The van der Waals surface area contributed by atoms with Gasteiger partial charge in [-0.05, 0) is 30.0 Å². The van der Waals surface area contributed by atoms with E-state index in [1.807, 2.05) is 12.1 Å². The normalized spacial score (nSPS) is 12.5. The van der Waals surface area contributed by atoms with Crippen LogP contribution in [0.2, 0.25) is 0 Å². The van der Waals surface area contributed by atoms with E-state index in [0.29, 0.717) is 5.92 Å². The summed E-state index contributed by atoms with van der Waals surface area (Å²) < 4.78 is 5.18. The van der Waals surface area contributed by atoms with E-state index in [4.69, 9.17) is 4.74 Å². The van der Waals surface area contributed by atoms with Crippen LogP contribution >= 0.6 is 15.9 Å². The summed E-state index contributed by atoms with van der Waals surface area (Å²) in [5.41, 5.74) is 1.35. The van der Waals surface area contributed by atoms with Crippen molar-refractivity contribution in [3.63, 3.8) is 0 Å². The molecule has 0 aliphatic carbocycles.